The van der Waals surface area contributed by atoms with Gasteiger partial charge in [0.05, 0.1) is 18.0 Å². The first-order chi connectivity index (χ1) is 8.95. The molecule has 3 nitrogen and oxygen atoms in total. The highest BCUT2D eigenvalue weighted by atomic mass is 19.4. The highest BCUT2D eigenvalue weighted by Crippen LogP contribution is 2.31. The molecule has 0 fully saturated rings. The maximum absolute atomic E-state index is 12.5. The van der Waals surface area contributed by atoms with Gasteiger partial charge in [0.2, 0.25) is 0 Å². The largest absolute Gasteiger partial charge is 0.494 e. The molecule has 0 saturated carbocycles. The van der Waals surface area contributed by atoms with Crippen molar-refractivity contribution < 1.29 is 17.9 Å². The summed E-state index contributed by atoms with van der Waals surface area (Å²) in [6, 6.07) is 4.90. The van der Waals surface area contributed by atoms with Crippen LogP contribution in [0.5, 0.6) is 5.75 Å². The van der Waals surface area contributed by atoms with Gasteiger partial charge < -0.3 is 15.8 Å². The van der Waals surface area contributed by atoms with E-state index in [9.17, 15) is 13.2 Å². The van der Waals surface area contributed by atoms with E-state index in [1.54, 1.807) is 0 Å². The van der Waals surface area contributed by atoms with Gasteiger partial charge in [0, 0.05) is 12.5 Å². The second kappa shape index (κ2) is 5.42. The molecule has 19 heavy (non-hydrogen) atoms. The molecule has 1 aliphatic heterocycles. The number of rotatable bonds is 4. The van der Waals surface area contributed by atoms with Gasteiger partial charge in [-0.2, -0.15) is 13.2 Å². The van der Waals surface area contributed by atoms with Gasteiger partial charge in [-0.05, 0) is 30.7 Å². The van der Waals surface area contributed by atoms with Crippen LogP contribution in [0.2, 0.25) is 0 Å². The average molecular weight is 272 g/mol. The molecule has 1 aliphatic rings. The summed E-state index contributed by atoms with van der Waals surface area (Å²) in [7, 11) is 0. The molecule has 3 N–H and O–H groups in total. The van der Waals surface area contributed by atoms with Crippen molar-refractivity contribution in [2.24, 2.45) is 11.7 Å². The normalized spacial score (nSPS) is 18.9. The minimum atomic E-state index is -4.34. The number of nitrogens with one attached hydrogen (secondary N) is 1. The first-order valence-electron chi connectivity index (χ1n) is 5.96. The van der Waals surface area contributed by atoms with Gasteiger partial charge in [-0.15, -0.1) is 0 Å². The molecule has 0 bridgehead atoms. The predicted molar refractivity (Wildman–Crippen MR) is 65.3 cm³/mol. The standard InChI is InChI=1S/C13H15F3N2O/c14-13(15,16)10-2-1-3-11(7-10)19-5-4-9-6-12(17)18-8-9/h1-3,6-7,9,18H,4-5,8,17H2/t9-/m0/s1. The quantitative estimate of drug-likeness (QED) is 0.885. The Morgan fingerprint density at radius 2 is 2.16 bits per heavy atom. The molecular formula is C13H15F3N2O. The van der Waals surface area contributed by atoms with Crippen molar-refractivity contribution in [3.8, 4) is 5.75 Å². The van der Waals surface area contributed by atoms with Crippen LogP contribution in [0, 0.1) is 5.92 Å². The first-order valence-corrected chi connectivity index (χ1v) is 5.96. The zero-order valence-electron chi connectivity index (χ0n) is 10.2. The minimum absolute atomic E-state index is 0.234. The minimum Gasteiger partial charge on any atom is -0.494 e. The topological polar surface area (TPSA) is 47.3 Å². The molecule has 2 rings (SSSR count). The maximum Gasteiger partial charge on any atom is 0.416 e. The molecule has 0 spiro atoms. The Bertz CT molecular complexity index is 471. The van der Waals surface area contributed by atoms with E-state index in [0.717, 1.165) is 18.7 Å². The summed E-state index contributed by atoms with van der Waals surface area (Å²) in [4.78, 5) is 0. The summed E-state index contributed by atoms with van der Waals surface area (Å²) in [5, 5.41) is 2.98. The van der Waals surface area contributed by atoms with Gasteiger partial charge in [-0.3, -0.25) is 0 Å². The zero-order chi connectivity index (χ0) is 13.9. The number of halogens is 3. The fraction of sp³-hybridized carbons (Fsp3) is 0.385. The van der Waals surface area contributed by atoms with Gasteiger partial charge in [0.25, 0.3) is 0 Å². The van der Waals surface area contributed by atoms with Crippen molar-refractivity contribution in [1.82, 2.24) is 5.32 Å². The van der Waals surface area contributed by atoms with E-state index in [4.69, 9.17) is 10.5 Å². The van der Waals surface area contributed by atoms with Gasteiger partial charge in [-0.1, -0.05) is 6.07 Å². The number of ether oxygens (including phenoxy) is 1. The molecule has 1 atom stereocenters. The molecule has 1 aromatic rings. The van der Waals surface area contributed by atoms with Crippen LogP contribution in [0.15, 0.2) is 36.2 Å². The maximum atomic E-state index is 12.5. The highest BCUT2D eigenvalue weighted by molar-refractivity contribution is 5.30. The Balaban J connectivity index is 1.86. The van der Waals surface area contributed by atoms with Gasteiger partial charge in [0.1, 0.15) is 5.75 Å². The number of hydrogen-bond donors (Lipinski definition) is 2. The van der Waals surface area contributed by atoms with E-state index in [0.29, 0.717) is 18.8 Å². The molecular weight excluding hydrogens is 257 g/mol. The number of hydrogen-bond acceptors (Lipinski definition) is 3. The van der Waals surface area contributed by atoms with Crippen molar-refractivity contribution in [2.75, 3.05) is 13.2 Å². The van der Waals surface area contributed by atoms with Gasteiger partial charge in [0.15, 0.2) is 0 Å². The van der Waals surface area contributed by atoms with Crippen LogP contribution in [-0.4, -0.2) is 13.2 Å². The lowest BCUT2D eigenvalue weighted by Crippen LogP contribution is -2.17. The smallest absolute Gasteiger partial charge is 0.416 e. The average Bonchev–Trinajstić information content (AvgIpc) is 2.74. The molecule has 0 amide bonds. The lowest BCUT2D eigenvalue weighted by molar-refractivity contribution is -0.137. The van der Waals surface area contributed by atoms with Crippen molar-refractivity contribution in [3.05, 3.63) is 41.7 Å². The van der Waals surface area contributed by atoms with Crippen LogP contribution in [0.25, 0.3) is 0 Å². The van der Waals surface area contributed by atoms with E-state index in [-0.39, 0.29) is 11.7 Å². The molecule has 0 unspecified atom stereocenters. The molecule has 0 saturated heterocycles. The Labute approximate surface area is 109 Å². The third-order valence-electron chi connectivity index (χ3n) is 2.90. The molecule has 1 heterocycles. The van der Waals surface area contributed by atoms with E-state index in [1.807, 2.05) is 6.08 Å². The SMILES string of the molecule is NC1=C[C@H](CCOc2cccc(C(F)(F)F)c2)CN1. The van der Waals surface area contributed by atoms with Crippen LogP contribution in [0.4, 0.5) is 13.2 Å². The fourth-order valence-electron chi connectivity index (χ4n) is 1.90. The lowest BCUT2D eigenvalue weighted by Gasteiger charge is -2.11. The van der Waals surface area contributed by atoms with Crippen LogP contribution in [0.1, 0.15) is 12.0 Å². The summed E-state index contributed by atoms with van der Waals surface area (Å²) in [5.74, 6) is 1.15. The van der Waals surface area contributed by atoms with Crippen molar-refractivity contribution in [3.63, 3.8) is 0 Å². The molecule has 0 radical (unpaired) electrons. The number of alkyl halides is 3. The summed E-state index contributed by atoms with van der Waals surface area (Å²) < 4.78 is 42.8. The van der Waals surface area contributed by atoms with E-state index in [2.05, 4.69) is 5.32 Å². The number of nitrogens with two attached hydrogens (primary N) is 1. The first kappa shape index (κ1) is 13.6. The van der Waals surface area contributed by atoms with Gasteiger partial charge in [-0.25, -0.2) is 0 Å². The Morgan fingerprint density at radius 3 is 2.79 bits per heavy atom. The van der Waals surface area contributed by atoms with Gasteiger partial charge >= 0.3 is 6.18 Å². The Morgan fingerprint density at radius 1 is 1.37 bits per heavy atom. The zero-order valence-corrected chi connectivity index (χ0v) is 10.2. The van der Waals surface area contributed by atoms with Crippen molar-refractivity contribution in [2.45, 2.75) is 12.6 Å². The van der Waals surface area contributed by atoms with E-state index >= 15 is 0 Å². The summed E-state index contributed by atoms with van der Waals surface area (Å²) in [5.41, 5.74) is 4.86. The molecule has 6 heteroatoms. The van der Waals surface area contributed by atoms with E-state index in [1.165, 1.54) is 12.1 Å². The fourth-order valence-corrected chi connectivity index (χ4v) is 1.90. The summed E-state index contributed by atoms with van der Waals surface area (Å²) >= 11 is 0. The highest BCUT2D eigenvalue weighted by Gasteiger charge is 2.30. The second-order valence-corrected chi connectivity index (χ2v) is 4.43. The summed E-state index contributed by atoms with van der Waals surface area (Å²) in [6.45, 7) is 1.11. The van der Waals surface area contributed by atoms with E-state index < -0.39 is 11.7 Å². The van der Waals surface area contributed by atoms with Crippen molar-refractivity contribution >= 4 is 0 Å². The molecule has 104 valence electrons. The third-order valence-corrected chi connectivity index (χ3v) is 2.90. The van der Waals surface area contributed by atoms with Crippen LogP contribution >= 0.6 is 0 Å². The molecule has 0 aromatic heterocycles. The Kier molecular flexibility index (Phi) is 3.87. The predicted octanol–water partition coefficient (Wildman–Crippen LogP) is 2.49. The number of benzene rings is 1. The van der Waals surface area contributed by atoms with Crippen LogP contribution in [0.3, 0.4) is 0 Å². The van der Waals surface area contributed by atoms with Crippen LogP contribution in [-0.2, 0) is 6.18 Å². The monoisotopic (exact) mass is 272 g/mol. The van der Waals surface area contributed by atoms with Crippen molar-refractivity contribution in [1.29, 1.82) is 0 Å². The molecule has 0 aliphatic carbocycles. The lowest BCUT2D eigenvalue weighted by atomic mass is 10.1. The second-order valence-electron chi connectivity index (χ2n) is 4.43. The van der Waals surface area contributed by atoms with Crippen LogP contribution < -0.4 is 15.8 Å². The Hall–Kier alpha value is -1.85. The molecule has 1 aromatic carbocycles. The summed E-state index contributed by atoms with van der Waals surface area (Å²) in [6.07, 6.45) is -1.73. The third kappa shape index (κ3) is 3.81.